The predicted molar refractivity (Wildman–Crippen MR) is 125 cm³/mol. The number of nitrogens with zero attached hydrogens (tertiary/aromatic N) is 1. The molecule has 3 rings (SSSR count). The van der Waals surface area contributed by atoms with Gasteiger partial charge in [0.2, 0.25) is 10.0 Å². The molecule has 3 aromatic rings. The molecular formula is C22H24N2O3S3. The van der Waals surface area contributed by atoms with E-state index in [2.05, 4.69) is 11.4 Å². The van der Waals surface area contributed by atoms with Gasteiger partial charge in [-0.3, -0.25) is 4.79 Å². The molecule has 0 aliphatic rings. The van der Waals surface area contributed by atoms with Crippen LogP contribution in [0.2, 0.25) is 0 Å². The first-order chi connectivity index (χ1) is 14.3. The van der Waals surface area contributed by atoms with Crippen LogP contribution in [-0.4, -0.2) is 31.7 Å². The molecule has 30 heavy (non-hydrogen) atoms. The number of hydrogen-bond donors (Lipinski definition) is 1. The second kappa shape index (κ2) is 9.78. The van der Waals surface area contributed by atoms with Crippen LogP contribution in [0.5, 0.6) is 0 Å². The van der Waals surface area contributed by atoms with Crippen molar-refractivity contribution in [1.82, 2.24) is 4.31 Å². The van der Waals surface area contributed by atoms with Crippen LogP contribution in [-0.2, 0) is 15.8 Å². The fraction of sp³-hybridized carbons (Fsp3) is 0.227. The molecule has 5 nitrogen and oxygen atoms in total. The Kier molecular flexibility index (Phi) is 7.36. The fourth-order valence-corrected chi connectivity index (χ4v) is 5.87. The molecule has 0 spiro atoms. The van der Waals surface area contributed by atoms with Crippen molar-refractivity contribution >= 4 is 44.7 Å². The molecule has 0 unspecified atom stereocenters. The minimum atomic E-state index is -3.55. The number of benzene rings is 2. The lowest BCUT2D eigenvalue weighted by atomic mass is 10.2. The van der Waals surface area contributed by atoms with Crippen molar-refractivity contribution in [3.63, 3.8) is 0 Å². The number of sulfonamides is 1. The largest absolute Gasteiger partial charge is 0.322 e. The first-order valence-corrected chi connectivity index (χ1v) is 12.7. The van der Waals surface area contributed by atoms with Crippen LogP contribution in [0.15, 0.2) is 75.8 Å². The smallest absolute Gasteiger partial charge is 0.256 e. The van der Waals surface area contributed by atoms with Gasteiger partial charge in [-0.25, -0.2) is 8.42 Å². The van der Waals surface area contributed by atoms with E-state index in [4.69, 9.17) is 0 Å². The monoisotopic (exact) mass is 460 g/mol. The molecule has 158 valence electrons. The molecule has 0 atom stereocenters. The van der Waals surface area contributed by atoms with E-state index in [9.17, 15) is 13.2 Å². The molecular weight excluding hydrogens is 436 g/mol. The maximum absolute atomic E-state index is 12.8. The summed E-state index contributed by atoms with van der Waals surface area (Å²) in [6.07, 6.45) is 0. The van der Waals surface area contributed by atoms with Crippen molar-refractivity contribution in [3.8, 4) is 0 Å². The molecule has 1 N–H and O–H groups in total. The van der Waals surface area contributed by atoms with E-state index in [1.165, 1.54) is 21.3 Å². The van der Waals surface area contributed by atoms with Crippen molar-refractivity contribution in [1.29, 1.82) is 0 Å². The Bertz CT molecular complexity index is 1090. The van der Waals surface area contributed by atoms with Crippen molar-refractivity contribution in [2.75, 3.05) is 12.4 Å². The summed E-state index contributed by atoms with van der Waals surface area (Å²) in [6.45, 7) is 3.64. The summed E-state index contributed by atoms with van der Waals surface area (Å²) in [5.74, 6) is 0.580. The van der Waals surface area contributed by atoms with Crippen LogP contribution in [0, 0.1) is 0 Å². The quantitative estimate of drug-likeness (QED) is 0.462. The number of rotatable bonds is 8. The molecule has 0 saturated heterocycles. The van der Waals surface area contributed by atoms with Gasteiger partial charge in [0.15, 0.2) is 0 Å². The minimum absolute atomic E-state index is 0.141. The molecule has 2 aromatic carbocycles. The second-order valence-corrected chi connectivity index (χ2v) is 11.0. The number of hydrogen-bond acceptors (Lipinski definition) is 5. The third kappa shape index (κ3) is 5.31. The minimum Gasteiger partial charge on any atom is -0.322 e. The average Bonchev–Trinajstić information content (AvgIpc) is 3.26. The van der Waals surface area contributed by atoms with Crippen LogP contribution in [0.3, 0.4) is 0 Å². The van der Waals surface area contributed by atoms with Crippen LogP contribution in [0.1, 0.15) is 29.1 Å². The fourth-order valence-electron chi connectivity index (χ4n) is 2.68. The summed E-state index contributed by atoms with van der Waals surface area (Å²) in [4.78, 5) is 15.2. The molecule has 1 amide bonds. The zero-order valence-electron chi connectivity index (χ0n) is 17.0. The maximum Gasteiger partial charge on any atom is 0.256 e. The Morgan fingerprint density at radius 1 is 1.07 bits per heavy atom. The van der Waals surface area contributed by atoms with Gasteiger partial charge in [-0.05, 0) is 61.7 Å². The summed E-state index contributed by atoms with van der Waals surface area (Å²) in [7, 11) is -2.00. The molecule has 1 aromatic heterocycles. The number of anilines is 1. The molecule has 0 aliphatic carbocycles. The van der Waals surface area contributed by atoms with Crippen LogP contribution in [0.4, 0.5) is 5.69 Å². The van der Waals surface area contributed by atoms with Gasteiger partial charge < -0.3 is 5.32 Å². The highest BCUT2D eigenvalue weighted by Gasteiger charge is 2.23. The summed E-state index contributed by atoms with van der Waals surface area (Å²) in [6, 6.07) is 17.7. The van der Waals surface area contributed by atoms with Crippen molar-refractivity contribution in [2.24, 2.45) is 0 Å². The highest BCUT2D eigenvalue weighted by molar-refractivity contribution is 7.98. The lowest BCUT2D eigenvalue weighted by Crippen LogP contribution is -2.33. The Balaban J connectivity index is 1.72. The van der Waals surface area contributed by atoms with Gasteiger partial charge in [0, 0.05) is 34.3 Å². The molecule has 1 heterocycles. The van der Waals surface area contributed by atoms with Crippen molar-refractivity contribution in [3.05, 3.63) is 76.5 Å². The molecule has 0 fully saturated rings. The Labute approximate surface area is 186 Å². The van der Waals surface area contributed by atoms with Gasteiger partial charge >= 0.3 is 0 Å². The third-order valence-electron chi connectivity index (χ3n) is 4.60. The predicted octanol–water partition coefficient (Wildman–Crippen LogP) is 5.32. The zero-order chi connectivity index (χ0) is 21.7. The Hall–Kier alpha value is -2.13. The first kappa shape index (κ1) is 22.6. The summed E-state index contributed by atoms with van der Waals surface area (Å²) in [5.41, 5.74) is 1.14. The van der Waals surface area contributed by atoms with Gasteiger partial charge in [0.05, 0.1) is 10.5 Å². The molecule has 0 saturated carbocycles. The highest BCUT2D eigenvalue weighted by Crippen LogP contribution is 2.28. The van der Waals surface area contributed by atoms with Gasteiger partial charge in [-0.1, -0.05) is 18.2 Å². The molecule has 0 aliphatic heterocycles. The molecule has 0 bridgehead atoms. The number of carbonyl (C=O) groups is 1. The number of thiophene rings is 1. The number of thioether (sulfide) groups is 1. The van der Waals surface area contributed by atoms with E-state index >= 15 is 0 Å². The normalized spacial score (nSPS) is 11.8. The summed E-state index contributed by atoms with van der Waals surface area (Å²) in [5, 5.41) is 4.90. The summed E-state index contributed by atoms with van der Waals surface area (Å²) >= 11 is 3.31. The van der Waals surface area contributed by atoms with E-state index in [-0.39, 0.29) is 16.8 Å². The zero-order valence-corrected chi connectivity index (χ0v) is 19.5. The Morgan fingerprint density at radius 2 is 1.77 bits per heavy atom. The molecule has 8 heteroatoms. The van der Waals surface area contributed by atoms with Gasteiger partial charge in [-0.15, -0.1) is 23.1 Å². The van der Waals surface area contributed by atoms with E-state index in [1.807, 2.05) is 43.5 Å². The van der Waals surface area contributed by atoms with Gasteiger partial charge in [-0.2, -0.15) is 4.31 Å². The van der Waals surface area contributed by atoms with Gasteiger partial charge in [0.1, 0.15) is 0 Å². The van der Waals surface area contributed by atoms with Crippen molar-refractivity contribution in [2.45, 2.75) is 35.4 Å². The topological polar surface area (TPSA) is 66.5 Å². The van der Waals surface area contributed by atoms with E-state index in [1.54, 1.807) is 48.3 Å². The SMILES string of the molecule is CC(C)N(C)S(=O)(=O)c1ccc(NC(=O)c2ccccc2SCc2cccs2)cc1. The number of amides is 1. The van der Waals surface area contributed by atoms with E-state index in [0.717, 1.165) is 10.6 Å². The highest BCUT2D eigenvalue weighted by atomic mass is 32.2. The van der Waals surface area contributed by atoms with E-state index < -0.39 is 10.0 Å². The first-order valence-electron chi connectivity index (χ1n) is 9.42. The van der Waals surface area contributed by atoms with Crippen LogP contribution >= 0.6 is 23.1 Å². The number of carbonyl (C=O) groups excluding carboxylic acids is 1. The average molecular weight is 461 g/mol. The third-order valence-corrected chi connectivity index (χ3v) is 8.83. The van der Waals surface area contributed by atoms with Crippen LogP contribution < -0.4 is 5.32 Å². The second-order valence-electron chi connectivity index (χ2n) is 6.96. The van der Waals surface area contributed by atoms with E-state index in [0.29, 0.717) is 11.3 Å². The maximum atomic E-state index is 12.8. The van der Waals surface area contributed by atoms with Crippen molar-refractivity contribution < 1.29 is 13.2 Å². The standard InChI is InChI=1S/C22H24N2O3S3/c1-16(2)24(3)30(26,27)19-12-10-17(11-13-19)23-22(25)20-8-4-5-9-21(20)29-15-18-7-6-14-28-18/h4-14,16H,15H2,1-3H3,(H,23,25). The Morgan fingerprint density at radius 3 is 2.40 bits per heavy atom. The van der Waals surface area contributed by atoms with Crippen LogP contribution in [0.25, 0.3) is 0 Å². The lowest BCUT2D eigenvalue weighted by Gasteiger charge is -2.21. The lowest BCUT2D eigenvalue weighted by molar-refractivity contribution is 0.102. The van der Waals surface area contributed by atoms with Gasteiger partial charge in [0.25, 0.3) is 5.91 Å². The number of nitrogens with one attached hydrogen (secondary N) is 1. The molecule has 0 radical (unpaired) electrons. The summed E-state index contributed by atoms with van der Waals surface area (Å²) < 4.78 is 26.5.